The normalized spacial score (nSPS) is 14.2. The number of thioether (sulfide) groups is 1. The predicted molar refractivity (Wildman–Crippen MR) is 90.3 cm³/mol. The fourth-order valence-corrected chi connectivity index (χ4v) is 2.98. The summed E-state index contributed by atoms with van der Waals surface area (Å²) in [7, 11) is 0. The third-order valence-electron chi connectivity index (χ3n) is 3.22. The summed E-state index contributed by atoms with van der Waals surface area (Å²) in [5.41, 5.74) is -0.128. The highest BCUT2D eigenvalue weighted by Gasteiger charge is 2.21. The first-order valence-electron chi connectivity index (χ1n) is 7.20. The number of pyridine rings is 1. The zero-order valence-corrected chi connectivity index (χ0v) is 14.8. The van der Waals surface area contributed by atoms with Gasteiger partial charge < -0.3 is 10.4 Å². The summed E-state index contributed by atoms with van der Waals surface area (Å²) in [6.45, 7) is 5.42. The van der Waals surface area contributed by atoms with Crippen LogP contribution in [-0.2, 0) is 0 Å². The molecule has 1 aromatic rings. The van der Waals surface area contributed by atoms with Crippen molar-refractivity contribution < 1.29 is 5.11 Å². The Kier molecular flexibility index (Phi) is 8.77. The minimum Gasteiger partial charge on any atom is -0.394 e. The molecule has 0 aliphatic heterocycles. The van der Waals surface area contributed by atoms with Crippen molar-refractivity contribution in [2.75, 3.05) is 18.9 Å². The van der Waals surface area contributed by atoms with E-state index in [1.807, 2.05) is 18.3 Å². The van der Waals surface area contributed by atoms with Gasteiger partial charge in [0.25, 0.3) is 0 Å². The van der Waals surface area contributed by atoms with Crippen LogP contribution in [0.1, 0.15) is 39.5 Å². The molecule has 1 rings (SSSR count). The molecule has 0 amide bonds. The number of nitrogens with zero attached hydrogens (tertiary/aromatic N) is 1. The number of rotatable bonds is 10. The number of nitrogens with one attached hydrogen (secondary N) is 1. The zero-order chi connectivity index (χ0) is 14.8. The van der Waals surface area contributed by atoms with Crippen molar-refractivity contribution in [3.63, 3.8) is 0 Å². The number of aliphatic hydroxyl groups excluding tert-OH is 1. The molecule has 1 heterocycles. The van der Waals surface area contributed by atoms with Crippen LogP contribution < -0.4 is 5.32 Å². The van der Waals surface area contributed by atoms with Crippen LogP contribution in [0.3, 0.4) is 0 Å². The molecule has 0 saturated carbocycles. The van der Waals surface area contributed by atoms with Gasteiger partial charge in [0.1, 0.15) is 0 Å². The molecular weight excluding hydrogens is 336 g/mol. The molecule has 0 aromatic carbocycles. The first-order valence-corrected chi connectivity index (χ1v) is 8.98. The van der Waals surface area contributed by atoms with Gasteiger partial charge in [-0.15, -0.1) is 11.8 Å². The van der Waals surface area contributed by atoms with Crippen LogP contribution in [0.15, 0.2) is 27.8 Å². The number of hydrogen-bond donors (Lipinski definition) is 2. The van der Waals surface area contributed by atoms with Gasteiger partial charge >= 0.3 is 0 Å². The highest BCUT2D eigenvalue weighted by atomic mass is 79.9. The number of aliphatic hydroxyl groups is 1. The summed E-state index contributed by atoms with van der Waals surface area (Å²) in [5, 5.41) is 14.0. The summed E-state index contributed by atoms with van der Waals surface area (Å²) < 4.78 is 1.02. The van der Waals surface area contributed by atoms with Crippen LogP contribution in [-0.4, -0.2) is 34.5 Å². The van der Waals surface area contributed by atoms with Crippen LogP contribution in [0, 0.1) is 0 Å². The van der Waals surface area contributed by atoms with Crippen molar-refractivity contribution in [2.45, 2.75) is 50.1 Å². The van der Waals surface area contributed by atoms with Crippen LogP contribution in [0.4, 0.5) is 0 Å². The van der Waals surface area contributed by atoms with E-state index in [0.717, 1.165) is 47.5 Å². The molecule has 0 radical (unpaired) electrons. The third-order valence-corrected chi connectivity index (χ3v) is 4.72. The van der Waals surface area contributed by atoms with Gasteiger partial charge in [-0.2, -0.15) is 0 Å². The van der Waals surface area contributed by atoms with Gasteiger partial charge in [0, 0.05) is 16.2 Å². The summed E-state index contributed by atoms with van der Waals surface area (Å²) >= 11 is 5.18. The second kappa shape index (κ2) is 9.77. The lowest BCUT2D eigenvalue weighted by atomic mass is 9.96. The standard InChI is InChI=1S/C15H25BrN2OS/c1-3-9-18-15(2,12-19)8-4-5-10-20-14-7-6-13(16)11-17-14/h6-7,11,18-19H,3-5,8-10,12H2,1-2H3. The predicted octanol–water partition coefficient (Wildman–Crippen LogP) is 3.86. The lowest BCUT2D eigenvalue weighted by Gasteiger charge is -2.28. The van der Waals surface area contributed by atoms with E-state index in [9.17, 15) is 5.11 Å². The molecule has 0 bridgehead atoms. The maximum atomic E-state index is 9.49. The van der Waals surface area contributed by atoms with Crippen molar-refractivity contribution >= 4 is 27.7 Å². The minimum absolute atomic E-state index is 0.128. The Labute approximate surface area is 135 Å². The van der Waals surface area contributed by atoms with Gasteiger partial charge in [-0.3, -0.25) is 0 Å². The third kappa shape index (κ3) is 7.07. The Hall–Kier alpha value is -0.100. The van der Waals surface area contributed by atoms with Crippen molar-refractivity contribution in [3.05, 3.63) is 22.8 Å². The summed E-state index contributed by atoms with van der Waals surface area (Å²) in [4.78, 5) is 4.35. The van der Waals surface area contributed by atoms with E-state index in [4.69, 9.17) is 0 Å². The van der Waals surface area contributed by atoms with Gasteiger partial charge in [-0.05, 0) is 66.5 Å². The van der Waals surface area contributed by atoms with E-state index in [2.05, 4.69) is 40.1 Å². The van der Waals surface area contributed by atoms with Crippen LogP contribution in [0.2, 0.25) is 0 Å². The fraction of sp³-hybridized carbons (Fsp3) is 0.667. The van der Waals surface area contributed by atoms with Crippen LogP contribution >= 0.6 is 27.7 Å². The van der Waals surface area contributed by atoms with E-state index in [1.54, 1.807) is 11.8 Å². The zero-order valence-electron chi connectivity index (χ0n) is 12.4. The average Bonchev–Trinajstić information content (AvgIpc) is 2.47. The highest BCUT2D eigenvalue weighted by molar-refractivity contribution is 9.10. The Morgan fingerprint density at radius 1 is 1.40 bits per heavy atom. The molecule has 5 heteroatoms. The molecule has 0 aliphatic rings. The SMILES string of the molecule is CCCNC(C)(CO)CCCCSc1ccc(Br)cn1. The molecule has 1 atom stereocenters. The molecular formula is C15H25BrN2OS. The van der Waals surface area contributed by atoms with Gasteiger partial charge in [0.05, 0.1) is 11.6 Å². The monoisotopic (exact) mass is 360 g/mol. The van der Waals surface area contributed by atoms with E-state index >= 15 is 0 Å². The number of hydrogen-bond acceptors (Lipinski definition) is 4. The van der Waals surface area contributed by atoms with Gasteiger partial charge in [0.15, 0.2) is 0 Å². The second-order valence-electron chi connectivity index (χ2n) is 5.27. The smallest absolute Gasteiger partial charge is 0.0960 e. The van der Waals surface area contributed by atoms with Crippen LogP contribution in [0.25, 0.3) is 0 Å². The average molecular weight is 361 g/mol. The summed E-state index contributed by atoms with van der Waals surface area (Å²) in [6.07, 6.45) is 6.21. The van der Waals surface area contributed by atoms with Crippen molar-refractivity contribution in [3.8, 4) is 0 Å². The largest absolute Gasteiger partial charge is 0.394 e. The fourth-order valence-electron chi connectivity index (χ4n) is 1.89. The Balaban J connectivity index is 2.18. The molecule has 1 aromatic heterocycles. The second-order valence-corrected chi connectivity index (χ2v) is 7.30. The van der Waals surface area contributed by atoms with E-state index < -0.39 is 0 Å². The van der Waals surface area contributed by atoms with E-state index in [0.29, 0.717) is 0 Å². The minimum atomic E-state index is -0.128. The maximum Gasteiger partial charge on any atom is 0.0960 e. The Morgan fingerprint density at radius 3 is 2.80 bits per heavy atom. The van der Waals surface area contributed by atoms with E-state index in [1.165, 1.54) is 0 Å². The molecule has 1 unspecified atom stereocenters. The van der Waals surface area contributed by atoms with E-state index in [-0.39, 0.29) is 12.1 Å². The highest BCUT2D eigenvalue weighted by Crippen LogP contribution is 2.20. The van der Waals surface area contributed by atoms with Crippen molar-refractivity contribution in [1.82, 2.24) is 10.3 Å². The van der Waals surface area contributed by atoms with Gasteiger partial charge in [-0.25, -0.2) is 4.98 Å². The maximum absolute atomic E-state index is 9.49. The quantitative estimate of drug-likeness (QED) is 0.491. The number of halogens is 1. The molecule has 0 fully saturated rings. The molecule has 3 nitrogen and oxygen atoms in total. The summed E-state index contributed by atoms with van der Waals surface area (Å²) in [5.74, 6) is 1.07. The lowest BCUT2D eigenvalue weighted by molar-refractivity contribution is 0.163. The molecule has 0 spiro atoms. The topological polar surface area (TPSA) is 45.1 Å². The van der Waals surface area contributed by atoms with Crippen molar-refractivity contribution in [2.24, 2.45) is 0 Å². The Morgan fingerprint density at radius 2 is 2.20 bits per heavy atom. The van der Waals surface area contributed by atoms with Gasteiger partial charge in [-0.1, -0.05) is 13.3 Å². The number of aromatic nitrogens is 1. The van der Waals surface area contributed by atoms with Crippen LogP contribution in [0.5, 0.6) is 0 Å². The molecule has 0 aliphatic carbocycles. The summed E-state index contributed by atoms with van der Waals surface area (Å²) in [6, 6.07) is 4.06. The van der Waals surface area contributed by atoms with Gasteiger partial charge in [0.2, 0.25) is 0 Å². The first kappa shape index (κ1) is 18.0. The first-order chi connectivity index (χ1) is 9.59. The Bertz CT molecular complexity index is 375. The lowest BCUT2D eigenvalue weighted by Crippen LogP contribution is -2.46. The van der Waals surface area contributed by atoms with Crippen molar-refractivity contribution in [1.29, 1.82) is 0 Å². The molecule has 114 valence electrons. The molecule has 2 N–H and O–H groups in total. The molecule has 0 saturated heterocycles. The molecule has 20 heavy (non-hydrogen) atoms. The number of unbranched alkanes of at least 4 members (excludes halogenated alkanes) is 1.